The Morgan fingerprint density at radius 1 is 0.792 bits per heavy atom. The van der Waals surface area contributed by atoms with E-state index in [1.807, 2.05) is 0 Å². The van der Waals surface area contributed by atoms with Crippen LogP contribution in [-0.4, -0.2) is 25.2 Å². The van der Waals surface area contributed by atoms with Gasteiger partial charge in [0.15, 0.2) is 0 Å². The van der Waals surface area contributed by atoms with Crippen molar-refractivity contribution >= 4 is 11.9 Å². The molecule has 1 aliphatic heterocycles. The summed E-state index contributed by atoms with van der Waals surface area (Å²) in [7, 11) is 0. The van der Waals surface area contributed by atoms with E-state index in [0.29, 0.717) is 24.3 Å². The minimum Gasteiger partial charge on any atom is -0.461 e. The van der Waals surface area contributed by atoms with Crippen molar-refractivity contribution in [3.05, 3.63) is 46.5 Å². The summed E-state index contributed by atoms with van der Waals surface area (Å²) in [4.78, 5) is 24.9. The Hall–Kier alpha value is -2.10. The Morgan fingerprint density at radius 3 is 1.79 bits per heavy atom. The SMILES string of the molecule is O=C1OCC2CCCC3=C2C(CCC3)COC(=O)c2ccccc21. The Balaban J connectivity index is 1.71. The highest BCUT2D eigenvalue weighted by Gasteiger charge is 2.34. The number of esters is 2. The van der Waals surface area contributed by atoms with Gasteiger partial charge in [0.2, 0.25) is 0 Å². The number of benzene rings is 1. The summed E-state index contributed by atoms with van der Waals surface area (Å²) in [5.74, 6) is -0.284. The van der Waals surface area contributed by atoms with Gasteiger partial charge in [-0.25, -0.2) is 9.59 Å². The molecule has 0 spiro atoms. The fourth-order valence-corrected chi connectivity index (χ4v) is 4.45. The second-order valence-electron chi connectivity index (χ2n) is 6.98. The second kappa shape index (κ2) is 6.42. The first-order valence-corrected chi connectivity index (χ1v) is 8.89. The van der Waals surface area contributed by atoms with Crippen LogP contribution in [0, 0.1) is 11.8 Å². The van der Waals surface area contributed by atoms with Gasteiger partial charge in [-0.2, -0.15) is 0 Å². The number of hydrogen-bond acceptors (Lipinski definition) is 4. The lowest BCUT2D eigenvalue weighted by Crippen LogP contribution is -2.29. The molecule has 0 bridgehead atoms. The Morgan fingerprint density at radius 2 is 1.29 bits per heavy atom. The van der Waals surface area contributed by atoms with Gasteiger partial charge in [-0.3, -0.25) is 0 Å². The van der Waals surface area contributed by atoms with Crippen LogP contribution in [0.1, 0.15) is 59.2 Å². The molecule has 0 radical (unpaired) electrons. The van der Waals surface area contributed by atoms with Gasteiger partial charge in [0.25, 0.3) is 0 Å². The van der Waals surface area contributed by atoms with Gasteiger partial charge < -0.3 is 9.47 Å². The standard InChI is InChI=1S/C20H22O4/c21-19-16-9-1-2-10-17(16)20(22)24-12-15-8-4-6-13-5-3-7-14(11-23-19)18(13)15/h1-2,9-10,14-15H,3-8,11-12H2. The van der Waals surface area contributed by atoms with E-state index in [9.17, 15) is 9.59 Å². The zero-order chi connectivity index (χ0) is 16.5. The lowest BCUT2D eigenvalue weighted by Gasteiger charge is -2.36. The summed E-state index contributed by atoms with van der Waals surface area (Å²) < 4.78 is 11.2. The molecule has 4 rings (SSSR count). The highest BCUT2D eigenvalue weighted by molar-refractivity contribution is 6.03. The maximum absolute atomic E-state index is 12.5. The zero-order valence-corrected chi connectivity index (χ0v) is 13.8. The van der Waals surface area contributed by atoms with E-state index in [-0.39, 0.29) is 11.8 Å². The van der Waals surface area contributed by atoms with Crippen molar-refractivity contribution in [1.29, 1.82) is 0 Å². The molecule has 0 amide bonds. The number of carbonyl (C=O) groups is 2. The molecule has 2 unspecified atom stereocenters. The normalized spacial score (nSPS) is 27.3. The van der Waals surface area contributed by atoms with Gasteiger partial charge in [-0.15, -0.1) is 0 Å². The van der Waals surface area contributed by atoms with E-state index in [0.717, 1.165) is 38.5 Å². The molecule has 0 fully saturated rings. The van der Waals surface area contributed by atoms with Gasteiger partial charge in [0, 0.05) is 11.8 Å². The minimum atomic E-state index is -0.426. The Labute approximate surface area is 141 Å². The molecule has 2 aliphatic carbocycles. The zero-order valence-electron chi connectivity index (χ0n) is 13.8. The average Bonchev–Trinajstić information content (AvgIpc) is 2.65. The summed E-state index contributed by atoms with van der Waals surface area (Å²) in [5.41, 5.74) is 3.54. The summed E-state index contributed by atoms with van der Waals surface area (Å²) >= 11 is 0. The first kappa shape index (κ1) is 15.4. The van der Waals surface area contributed by atoms with E-state index >= 15 is 0 Å². The van der Waals surface area contributed by atoms with E-state index in [1.165, 1.54) is 11.1 Å². The lowest BCUT2D eigenvalue weighted by molar-refractivity contribution is 0.0434. The largest absolute Gasteiger partial charge is 0.461 e. The molecule has 4 nitrogen and oxygen atoms in total. The molecule has 1 aromatic rings. The smallest absolute Gasteiger partial charge is 0.339 e. The lowest BCUT2D eigenvalue weighted by atomic mass is 9.71. The van der Waals surface area contributed by atoms with Crippen molar-refractivity contribution in [1.82, 2.24) is 0 Å². The van der Waals surface area contributed by atoms with E-state index < -0.39 is 11.9 Å². The molecule has 0 aromatic heterocycles. The molecule has 1 heterocycles. The molecule has 0 N–H and O–H groups in total. The van der Waals surface area contributed by atoms with Gasteiger partial charge in [-0.1, -0.05) is 23.3 Å². The van der Waals surface area contributed by atoms with E-state index in [1.54, 1.807) is 24.3 Å². The van der Waals surface area contributed by atoms with Gasteiger partial charge >= 0.3 is 11.9 Å². The number of allylic oxidation sites excluding steroid dienone is 1. The highest BCUT2D eigenvalue weighted by atomic mass is 16.5. The third kappa shape index (κ3) is 2.74. The molecule has 126 valence electrons. The van der Waals surface area contributed by atoms with Gasteiger partial charge in [-0.05, 0) is 50.7 Å². The number of ether oxygens (including phenoxy) is 2. The first-order chi connectivity index (χ1) is 11.7. The number of cyclic esters (lactones) is 2. The van der Waals surface area contributed by atoms with Gasteiger partial charge in [0.1, 0.15) is 0 Å². The molecule has 1 aromatic carbocycles. The summed E-state index contributed by atoms with van der Waals surface area (Å²) in [6.07, 6.45) is 6.71. The molecule has 0 saturated carbocycles. The fraction of sp³-hybridized carbons (Fsp3) is 0.500. The first-order valence-electron chi connectivity index (χ1n) is 8.89. The average molecular weight is 326 g/mol. The van der Waals surface area contributed by atoms with Gasteiger partial charge in [0.05, 0.1) is 24.3 Å². The predicted molar refractivity (Wildman–Crippen MR) is 88.7 cm³/mol. The molecule has 4 heteroatoms. The molecule has 24 heavy (non-hydrogen) atoms. The molecule has 0 saturated heterocycles. The monoisotopic (exact) mass is 326 g/mol. The van der Waals surface area contributed by atoms with E-state index in [4.69, 9.17) is 9.47 Å². The quantitative estimate of drug-likeness (QED) is 0.536. The topological polar surface area (TPSA) is 52.6 Å². The van der Waals surface area contributed by atoms with Crippen molar-refractivity contribution in [3.8, 4) is 0 Å². The van der Waals surface area contributed by atoms with E-state index in [2.05, 4.69) is 0 Å². The molecular formula is C20H22O4. The van der Waals surface area contributed by atoms with Crippen molar-refractivity contribution in [2.24, 2.45) is 11.8 Å². The summed E-state index contributed by atoms with van der Waals surface area (Å²) in [5, 5.41) is 0. The second-order valence-corrected chi connectivity index (χ2v) is 6.98. The summed E-state index contributed by atoms with van der Waals surface area (Å²) in [6, 6.07) is 6.76. The molecular weight excluding hydrogens is 304 g/mol. The van der Waals surface area contributed by atoms with Crippen molar-refractivity contribution in [2.45, 2.75) is 38.5 Å². The van der Waals surface area contributed by atoms with Crippen LogP contribution in [0.2, 0.25) is 0 Å². The fourth-order valence-electron chi connectivity index (χ4n) is 4.45. The molecule has 2 atom stereocenters. The van der Waals surface area contributed by atoms with Crippen LogP contribution >= 0.6 is 0 Å². The minimum absolute atomic E-state index is 0.284. The maximum atomic E-state index is 12.5. The number of carbonyl (C=O) groups excluding carboxylic acids is 2. The number of rotatable bonds is 0. The van der Waals surface area contributed by atoms with Crippen LogP contribution < -0.4 is 0 Å². The van der Waals surface area contributed by atoms with Crippen LogP contribution in [0.4, 0.5) is 0 Å². The third-order valence-electron chi connectivity index (χ3n) is 5.55. The van der Waals surface area contributed by atoms with Crippen LogP contribution in [0.25, 0.3) is 0 Å². The predicted octanol–water partition coefficient (Wildman–Crippen LogP) is 3.91. The van der Waals surface area contributed by atoms with Crippen LogP contribution in [0.15, 0.2) is 35.4 Å². The highest BCUT2D eigenvalue weighted by Crippen LogP contribution is 2.43. The van der Waals surface area contributed by atoms with Crippen LogP contribution in [0.3, 0.4) is 0 Å². The number of hydrogen-bond donors (Lipinski definition) is 0. The van der Waals surface area contributed by atoms with Crippen molar-refractivity contribution in [2.75, 3.05) is 13.2 Å². The van der Waals surface area contributed by atoms with Crippen molar-refractivity contribution in [3.63, 3.8) is 0 Å². The van der Waals surface area contributed by atoms with Crippen LogP contribution in [0.5, 0.6) is 0 Å². The maximum Gasteiger partial charge on any atom is 0.339 e. The van der Waals surface area contributed by atoms with Crippen molar-refractivity contribution < 1.29 is 19.1 Å². The Bertz CT molecular complexity index is 646. The summed E-state index contributed by atoms with van der Waals surface area (Å²) in [6.45, 7) is 0.827. The Kier molecular flexibility index (Phi) is 4.13. The molecule has 3 aliphatic rings. The number of fused-ring (bicyclic) bond motifs is 1. The van der Waals surface area contributed by atoms with Crippen LogP contribution in [-0.2, 0) is 9.47 Å². The third-order valence-corrected chi connectivity index (χ3v) is 5.55.